The molecule has 4 atom stereocenters. The molecule has 0 radical (unpaired) electrons. The van der Waals surface area contributed by atoms with E-state index in [0.29, 0.717) is 6.54 Å². The van der Waals surface area contributed by atoms with Gasteiger partial charge < -0.3 is 15.2 Å². The largest absolute Gasteiger partial charge is 0.481 e. The van der Waals surface area contributed by atoms with Crippen LogP contribution in [0.15, 0.2) is 6.20 Å². The number of fused-ring (bicyclic) bond motifs is 2. The molecular formula is C14H19N3O4. The summed E-state index contributed by atoms with van der Waals surface area (Å²) in [6.07, 6.45) is 2.77. The van der Waals surface area contributed by atoms with E-state index in [1.54, 1.807) is 4.68 Å². The van der Waals surface area contributed by atoms with E-state index in [1.807, 2.05) is 20.2 Å². The van der Waals surface area contributed by atoms with Crippen molar-refractivity contribution in [2.24, 2.45) is 18.9 Å². The van der Waals surface area contributed by atoms with Gasteiger partial charge in [-0.2, -0.15) is 5.10 Å². The minimum absolute atomic E-state index is 0.238. The summed E-state index contributed by atoms with van der Waals surface area (Å²) in [5.74, 6) is -2.49. The van der Waals surface area contributed by atoms with Crippen LogP contribution in [0.4, 0.5) is 0 Å². The van der Waals surface area contributed by atoms with Gasteiger partial charge >= 0.3 is 5.97 Å². The van der Waals surface area contributed by atoms with Gasteiger partial charge in [0.1, 0.15) is 0 Å². The molecule has 2 N–H and O–H groups in total. The molecular weight excluding hydrogens is 274 g/mol. The van der Waals surface area contributed by atoms with Crippen molar-refractivity contribution in [3.8, 4) is 0 Å². The Labute approximate surface area is 122 Å². The van der Waals surface area contributed by atoms with Gasteiger partial charge in [0.2, 0.25) is 5.91 Å². The summed E-state index contributed by atoms with van der Waals surface area (Å²) < 4.78 is 7.29. The van der Waals surface area contributed by atoms with Crippen molar-refractivity contribution in [1.29, 1.82) is 0 Å². The second kappa shape index (κ2) is 5.14. The number of amides is 1. The molecule has 1 amide bonds. The highest BCUT2D eigenvalue weighted by Gasteiger charge is 2.55. The summed E-state index contributed by atoms with van der Waals surface area (Å²) in [6.45, 7) is 2.24. The quantitative estimate of drug-likeness (QED) is 0.828. The Balaban J connectivity index is 1.67. The molecule has 0 saturated carbocycles. The van der Waals surface area contributed by atoms with Crippen LogP contribution in [0, 0.1) is 18.8 Å². The maximum atomic E-state index is 12.4. The van der Waals surface area contributed by atoms with Gasteiger partial charge in [0.25, 0.3) is 0 Å². The molecule has 1 aromatic heterocycles. The van der Waals surface area contributed by atoms with Gasteiger partial charge in [-0.05, 0) is 19.8 Å². The van der Waals surface area contributed by atoms with Gasteiger partial charge in [0.05, 0.1) is 29.7 Å². The molecule has 21 heavy (non-hydrogen) atoms. The molecule has 2 aliphatic heterocycles. The van der Waals surface area contributed by atoms with E-state index < -0.39 is 17.8 Å². The molecule has 7 heteroatoms. The average molecular weight is 293 g/mol. The zero-order valence-electron chi connectivity index (χ0n) is 12.1. The Morgan fingerprint density at radius 3 is 2.67 bits per heavy atom. The molecule has 0 unspecified atom stereocenters. The lowest BCUT2D eigenvalue weighted by Crippen LogP contribution is -2.43. The minimum atomic E-state index is -0.945. The van der Waals surface area contributed by atoms with Crippen LogP contribution in [-0.2, 0) is 27.9 Å². The molecule has 0 aliphatic carbocycles. The number of nitrogens with one attached hydrogen (secondary N) is 1. The Hall–Kier alpha value is -1.89. The highest BCUT2D eigenvalue weighted by Crippen LogP contribution is 2.43. The van der Waals surface area contributed by atoms with Crippen LogP contribution in [-0.4, -0.2) is 39.0 Å². The van der Waals surface area contributed by atoms with Crippen LogP contribution in [0.3, 0.4) is 0 Å². The first-order chi connectivity index (χ1) is 9.97. The number of nitrogens with zero attached hydrogens (tertiary/aromatic N) is 2. The van der Waals surface area contributed by atoms with Crippen molar-refractivity contribution in [3.05, 3.63) is 17.5 Å². The van der Waals surface area contributed by atoms with Gasteiger partial charge in [-0.25, -0.2) is 0 Å². The number of carboxylic acid groups (broad SMARTS) is 1. The van der Waals surface area contributed by atoms with Gasteiger partial charge in [0, 0.05) is 25.4 Å². The number of hydrogen-bond donors (Lipinski definition) is 2. The van der Waals surface area contributed by atoms with Crippen molar-refractivity contribution in [2.45, 2.75) is 38.5 Å². The molecule has 3 heterocycles. The minimum Gasteiger partial charge on any atom is -0.481 e. The van der Waals surface area contributed by atoms with E-state index >= 15 is 0 Å². The number of aromatic nitrogens is 2. The van der Waals surface area contributed by atoms with Crippen molar-refractivity contribution >= 4 is 11.9 Å². The van der Waals surface area contributed by atoms with Crippen LogP contribution in [0.5, 0.6) is 0 Å². The maximum absolute atomic E-state index is 12.4. The fourth-order valence-electron chi connectivity index (χ4n) is 3.45. The van der Waals surface area contributed by atoms with Crippen LogP contribution in [0.2, 0.25) is 0 Å². The van der Waals surface area contributed by atoms with Gasteiger partial charge in [-0.3, -0.25) is 14.3 Å². The third-order valence-electron chi connectivity index (χ3n) is 4.43. The van der Waals surface area contributed by atoms with E-state index in [4.69, 9.17) is 4.74 Å². The molecule has 114 valence electrons. The molecule has 2 fully saturated rings. The Morgan fingerprint density at radius 2 is 2.10 bits per heavy atom. The molecule has 2 bridgehead atoms. The first-order valence-corrected chi connectivity index (χ1v) is 7.12. The molecule has 2 aliphatic rings. The SMILES string of the molecule is Cc1nn(C)cc1CNC(=O)[C@H]1[C@H](C(=O)O)[C@H]2CC[C@H]1O2. The Morgan fingerprint density at radius 1 is 1.43 bits per heavy atom. The topological polar surface area (TPSA) is 93.5 Å². The van der Waals surface area contributed by atoms with Crippen LogP contribution >= 0.6 is 0 Å². The standard InChI is InChI=1S/C14H19N3O4/c1-7-8(6-17(2)16-7)5-15-13(18)11-9-3-4-10(21-9)12(11)14(19)20/h6,9-12H,3-5H2,1-2H3,(H,15,18)(H,19,20)/t9-,10-,11-,12-/m1/s1. The number of ether oxygens (including phenoxy) is 1. The van der Waals surface area contributed by atoms with E-state index in [-0.39, 0.29) is 18.1 Å². The lowest BCUT2D eigenvalue weighted by Gasteiger charge is -2.23. The van der Waals surface area contributed by atoms with Crippen molar-refractivity contribution in [2.75, 3.05) is 0 Å². The third-order valence-corrected chi connectivity index (χ3v) is 4.43. The maximum Gasteiger partial charge on any atom is 0.310 e. The summed E-state index contributed by atoms with van der Waals surface area (Å²) in [5.41, 5.74) is 1.79. The van der Waals surface area contributed by atoms with E-state index in [9.17, 15) is 14.7 Å². The van der Waals surface area contributed by atoms with E-state index in [0.717, 1.165) is 24.1 Å². The Bertz CT molecular complexity index is 583. The van der Waals surface area contributed by atoms with Crippen LogP contribution in [0.1, 0.15) is 24.1 Å². The number of rotatable bonds is 4. The lowest BCUT2D eigenvalue weighted by atomic mass is 9.78. The second-order valence-corrected chi connectivity index (χ2v) is 5.81. The van der Waals surface area contributed by atoms with Crippen molar-refractivity contribution in [3.63, 3.8) is 0 Å². The van der Waals surface area contributed by atoms with Gasteiger partial charge in [0.15, 0.2) is 0 Å². The van der Waals surface area contributed by atoms with Crippen molar-refractivity contribution < 1.29 is 19.4 Å². The first-order valence-electron chi connectivity index (χ1n) is 7.12. The summed E-state index contributed by atoms with van der Waals surface area (Å²) in [6, 6.07) is 0. The molecule has 2 saturated heterocycles. The predicted molar refractivity (Wildman–Crippen MR) is 72.3 cm³/mol. The summed E-state index contributed by atoms with van der Waals surface area (Å²) in [7, 11) is 1.82. The molecule has 3 rings (SSSR count). The normalized spacial score (nSPS) is 30.6. The first kappa shape index (κ1) is 14.1. The van der Waals surface area contributed by atoms with Gasteiger partial charge in [-0.15, -0.1) is 0 Å². The van der Waals surface area contributed by atoms with E-state index in [2.05, 4.69) is 10.4 Å². The van der Waals surface area contributed by atoms with Gasteiger partial charge in [-0.1, -0.05) is 0 Å². The zero-order valence-corrected chi connectivity index (χ0v) is 12.1. The number of hydrogen-bond acceptors (Lipinski definition) is 4. The number of carboxylic acids is 1. The molecule has 0 aromatic carbocycles. The third kappa shape index (κ3) is 2.42. The zero-order chi connectivity index (χ0) is 15.1. The fraction of sp³-hybridized carbons (Fsp3) is 0.643. The lowest BCUT2D eigenvalue weighted by molar-refractivity contribution is -0.147. The summed E-state index contributed by atoms with van der Waals surface area (Å²) >= 11 is 0. The highest BCUT2D eigenvalue weighted by molar-refractivity contribution is 5.86. The summed E-state index contributed by atoms with van der Waals surface area (Å²) in [5, 5.41) is 16.4. The number of carbonyl (C=O) groups excluding carboxylic acids is 1. The highest BCUT2D eigenvalue weighted by atomic mass is 16.5. The van der Waals surface area contributed by atoms with Crippen LogP contribution in [0.25, 0.3) is 0 Å². The average Bonchev–Trinajstić information content (AvgIpc) is 3.09. The molecule has 1 aromatic rings. The van der Waals surface area contributed by atoms with Crippen LogP contribution < -0.4 is 5.32 Å². The van der Waals surface area contributed by atoms with Crippen molar-refractivity contribution in [1.82, 2.24) is 15.1 Å². The second-order valence-electron chi connectivity index (χ2n) is 5.81. The Kier molecular flexibility index (Phi) is 3.44. The monoisotopic (exact) mass is 293 g/mol. The molecule has 7 nitrogen and oxygen atoms in total. The molecule has 0 spiro atoms. The summed E-state index contributed by atoms with van der Waals surface area (Å²) in [4.78, 5) is 23.7. The predicted octanol–water partition coefficient (Wildman–Crippen LogP) is 0.223. The number of aliphatic carboxylic acids is 1. The van der Waals surface area contributed by atoms with E-state index in [1.165, 1.54) is 0 Å². The smallest absolute Gasteiger partial charge is 0.310 e. The number of carbonyl (C=O) groups is 2. The number of aryl methyl sites for hydroxylation is 2. The fourth-order valence-corrected chi connectivity index (χ4v) is 3.45.